The van der Waals surface area contributed by atoms with Gasteiger partial charge in [-0.05, 0) is 30.0 Å². The Labute approximate surface area is 96.6 Å². The minimum Gasteiger partial charge on any atom is -0.497 e. The normalized spacial score (nSPS) is 14.2. The van der Waals surface area contributed by atoms with E-state index in [4.69, 9.17) is 10.5 Å². The highest BCUT2D eigenvalue weighted by atomic mass is 16.5. The van der Waals surface area contributed by atoms with Crippen molar-refractivity contribution in [2.45, 2.75) is 26.2 Å². The van der Waals surface area contributed by atoms with E-state index in [0.717, 1.165) is 17.7 Å². The van der Waals surface area contributed by atoms with Gasteiger partial charge >= 0.3 is 0 Å². The van der Waals surface area contributed by atoms with E-state index in [9.17, 15) is 4.79 Å². The Bertz CT molecular complexity index is 363. The van der Waals surface area contributed by atoms with Gasteiger partial charge in [-0.15, -0.1) is 0 Å². The second-order valence-electron chi connectivity index (χ2n) is 3.98. The SMILES string of the molecule is CCC(c1cccc(OC)c1)[C@H](C)C(N)=O. The third kappa shape index (κ3) is 2.75. The summed E-state index contributed by atoms with van der Waals surface area (Å²) in [4.78, 5) is 11.2. The summed E-state index contributed by atoms with van der Waals surface area (Å²) in [5, 5.41) is 0. The van der Waals surface area contributed by atoms with Gasteiger partial charge in [-0.2, -0.15) is 0 Å². The lowest BCUT2D eigenvalue weighted by molar-refractivity contribution is -0.122. The zero-order chi connectivity index (χ0) is 12.1. The van der Waals surface area contributed by atoms with Gasteiger partial charge in [0.2, 0.25) is 5.91 Å². The first-order valence-electron chi connectivity index (χ1n) is 5.53. The van der Waals surface area contributed by atoms with Crippen LogP contribution in [-0.2, 0) is 4.79 Å². The van der Waals surface area contributed by atoms with E-state index >= 15 is 0 Å². The molecule has 0 fully saturated rings. The molecule has 0 aliphatic heterocycles. The molecule has 2 atom stereocenters. The zero-order valence-electron chi connectivity index (χ0n) is 10.1. The molecule has 0 saturated carbocycles. The minimum atomic E-state index is -0.255. The number of methoxy groups -OCH3 is 1. The lowest BCUT2D eigenvalue weighted by Crippen LogP contribution is -2.26. The highest BCUT2D eigenvalue weighted by Crippen LogP contribution is 2.29. The Morgan fingerprint density at radius 1 is 1.50 bits per heavy atom. The smallest absolute Gasteiger partial charge is 0.220 e. The van der Waals surface area contributed by atoms with E-state index < -0.39 is 0 Å². The van der Waals surface area contributed by atoms with Crippen molar-refractivity contribution in [1.29, 1.82) is 0 Å². The quantitative estimate of drug-likeness (QED) is 0.829. The van der Waals surface area contributed by atoms with Crippen molar-refractivity contribution in [2.75, 3.05) is 7.11 Å². The standard InChI is InChI=1S/C13H19NO2/c1-4-12(9(2)13(14)15)10-6-5-7-11(8-10)16-3/h5-9,12H,4H2,1-3H3,(H2,14,15)/t9-,12?/m0/s1. The molecule has 0 aliphatic rings. The Hall–Kier alpha value is -1.51. The summed E-state index contributed by atoms with van der Waals surface area (Å²) in [5.41, 5.74) is 6.45. The van der Waals surface area contributed by atoms with Crippen LogP contribution in [0.1, 0.15) is 31.7 Å². The largest absolute Gasteiger partial charge is 0.497 e. The van der Waals surface area contributed by atoms with Gasteiger partial charge in [0.05, 0.1) is 7.11 Å². The van der Waals surface area contributed by atoms with Crippen molar-refractivity contribution in [1.82, 2.24) is 0 Å². The summed E-state index contributed by atoms with van der Waals surface area (Å²) >= 11 is 0. The number of benzene rings is 1. The second kappa shape index (κ2) is 5.54. The number of ether oxygens (including phenoxy) is 1. The molecule has 0 heterocycles. The molecule has 0 aliphatic carbocycles. The second-order valence-corrected chi connectivity index (χ2v) is 3.98. The van der Waals surface area contributed by atoms with Crippen LogP contribution < -0.4 is 10.5 Å². The maximum Gasteiger partial charge on any atom is 0.220 e. The van der Waals surface area contributed by atoms with Gasteiger partial charge in [0.25, 0.3) is 0 Å². The maximum atomic E-state index is 11.2. The molecular weight excluding hydrogens is 202 g/mol. The molecule has 0 aromatic heterocycles. The Morgan fingerprint density at radius 3 is 2.69 bits per heavy atom. The average molecular weight is 221 g/mol. The molecule has 3 heteroatoms. The van der Waals surface area contributed by atoms with Crippen LogP contribution in [0.3, 0.4) is 0 Å². The molecule has 2 N–H and O–H groups in total. The number of carbonyl (C=O) groups excluding carboxylic acids is 1. The number of hydrogen-bond donors (Lipinski definition) is 1. The first-order valence-corrected chi connectivity index (χ1v) is 5.53. The van der Waals surface area contributed by atoms with E-state index in [1.165, 1.54) is 0 Å². The van der Waals surface area contributed by atoms with Crippen molar-refractivity contribution in [3.8, 4) is 5.75 Å². The van der Waals surface area contributed by atoms with Crippen LogP contribution in [0.25, 0.3) is 0 Å². The molecule has 0 spiro atoms. The highest BCUT2D eigenvalue weighted by Gasteiger charge is 2.22. The Balaban J connectivity index is 2.98. The maximum absolute atomic E-state index is 11.2. The number of hydrogen-bond acceptors (Lipinski definition) is 2. The van der Waals surface area contributed by atoms with Crippen LogP contribution in [-0.4, -0.2) is 13.0 Å². The van der Waals surface area contributed by atoms with Gasteiger partial charge in [-0.1, -0.05) is 26.0 Å². The van der Waals surface area contributed by atoms with E-state index in [0.29, 0.717) is 0 Å². The van der Waals surface area contributed by atoms with Crippen molar-refractivity contribution >= 4 is 5.91 Å². The lowest BCUT2D eigenvalue weighted by atomic mass is 9.85. The fourth-order valence-corrected chi connectivity index (χ4v) is 1.95. The summed E-state index contributed by atoms with van der Waals surface area (Å²) in [5.74, 6) is 0.562. The highest BCUT2D eigenvalue weighted by molar-refractivity contribution is 5.77. The first kappa shape index (κ1) is 12.6. The van der Waals surface area contributed by atoms with Crippen molar-refractivity contribution < 1.29 is 9.53 Å². The fourth-order valence-electron chi connectivity index (χ4n) is 1.95. The molecule has 3 nitrogen and oxygen atoms in total. The van der Waals surface area contributed by atoms with E-state index in [-0.39, 0.29) is 17.7 Å². The third-order valence-electron chi connectivity index (χ3n) is 3.01. The minimum absolute atomic E-state index is 0.155. The zero-order valence-corrected chi connectivity index (χ0v) is 10.1. The van der Waals surface area contributed by atoms with Crippen LogP contribution in [0.5, 0.6) is 5.75 Å². The van der Waals surface area contributed by atoms with Gasteiger partial charge in [0, 0.05) is 5.92 Å². The van der Waals surface area contributed by atoms with Crippen LogP contribution in [0.15, 0.2) is 24.3 Å². The summed E-state index contributed by atoms with van der Waals surface area (Å²) < 4.78 is 5.17. The molecule has 1 unspecified atom stereocenters. The predicted molar refractivity (Wildman–Crippen MR) is 64.4 cm³/mol. The molecule has 88 valence electrons. The van der Waals surface area contributed by atoms with Gasteiger partial charge in [-0.25, -0.2) is 0 Å². The molecule has 1 aromatic carbocycles. The van der Waals surface area contributed by atoms with Crippen molar-refractivity contribution in [3.63, 3.8) is 0 Å². The number of carbonyl (C=O) groups is 1. The van der Waals surface area contributed by atoms with Crippen LogP contribution in [0, 0.1) is 5.92 Å². The van der Waals surface area contributed by atoms with E-state index in [2.05, 4.69) is 6.92 Å². The van der Waals surface area contributed by atoms with Gasteiger partial charge in [0.15, 0.2) is 0 Å². The Kier molecular flexibility index (Phi) is 4.35. The van der Waals surface area contributed by atoms with Crippen LogP contribution in [0.4, 0.5) is 0 Å². The van der Waals surface area contributed by atoms with Crippen molar-refractivity contribution in [2.24, 2.45) is 11.7 Å². The van der Waals surface area contributed by atoms with E-state index in [1.807, 2.05) is 31.2 Å². The molecular formula is C13H19NO2. The molecule has 0 radical (unpaired) electrons. The van der Waals surface area contributed by atoms with E-state index in [1.54, 1.807) is 7.11 Å². The van der Waals surface area contributed by atoms with Gasteiger partial charge < -0.3 is 10.5 Å². The third-order valence-corrected chi connectivity index (χ3v) is 3.01. The van der Waals surface area contributed by atoms with Gasteiger partial charge in [-0.3, -0.25) is 4.79 Å². The predicted octanol–water partition coefficient (Wildman–Crippen LogP) is 2.31. The summed E-state index contributed by atoms with van der Waals surface area (Å²) in [7, 11) is 1.64. The summed E-state index contributed by atoms with van der Waals surface area (Å²) in [6, 6.07) is 7.80. The summed E-state index contributed by atoms with van der Waals surface area (Å²) in [6.07, 6.45) is 0.886. The van der Waals surface area contributed by atoms with Gasteiger partial charge in [0.1, 0.15) is 5.75 Å². The first-order chi connectivity index (χ1) is 7.60. The molecule has 1 amide bonds. The number of amides is 1. The monoisotopic (exact) mass is 221 g/mol. The number of nitrogens with two attached hydrogens (primary N) is 1. The summed E-state index contributed by atoms with van der Waals surface area (Å²) in [6.45, 7) is 3.93. The molecule has 1 rings (SSSR count). The van der Waals surface area contributed by atoms with Crippen molar-refractivity contribution in [3.05, 3.63) is 29.8 Å². The van der Waals surface area contributed by atoms with Crippen LogP contribution >= 0.6 is 0 Å². The Morgan fingerprint density at radius 2 is 2.19 bits per heavy atom. The average Bonchev–Trinajstić information content (AvgIpc) is 2.30. The molecule has 1 aromatic rings. The fraction of sp³-hybridized carbons (Fsp3) is 0.462. The number of rotatable bonds is 5. The van der Waals surface area contributed by atoms with Crippen LogP contribution in [0.2, 0.25) is 0 Å². The molecule has 0 bridgehead atoms. The number of primary amides is 1. The topological polar surface area (TPSA) is 52.3 Å². The lowest BCUT2D eigenvalue weighted by Gasteiger charge is -2.20. The molecule has 0 saturated heterocycles. The molecule has 16 heavy (non-hydrogen) atoms.